The molecule has 0 atom stereocenters. The van der Waals surface area contributed by atoms with E-state index in [1.54, 1.807) is 0 Å². The Hall–Kier alpha value is -2.36. The highest BCUT2D eigenvalue weighted by Crippen LogP contribution is 2.27. The van der Waals surface area contributed by atoms with Crippen molar-refractivity contribution in [3.63, 3.8) is 0 Å². The number of ether oxygens (including phenoxy) is 4. The predicted molar refractivity (Wildman–Crippen MR) is 95.4 cm³/mol. The lowest BCUT2D eigenvalue weighted by molar-refractivity contribution is 0.210. The molecule has 0 aliphatic heterocycles. The maximum atomic E-state index is 5.81. The summed E-state index contributed by atoms with van der Waals surface area (Å²) in [6, 6.07) is 15.4. The Kier molecular flexibility index (Phi) is 7.27. The van der Waals surface area contributed by atoms with Gasteiger partial charge in [-0.3, -0.25) is 0 Å². The van der Waals surface area contributed by atoms with Crippen LogP contribution < -0.4 is 18.9 Å². The van der Waals surface area contributed by atoms with E-state index in [1.807, 2.05) is 69.3 Å². The summed E-state index contributed by atoms with van der Waals surface area (Å²) >= 11 is 0. The van der Waals surface area contributed by atoms with Crippen LogP contribution in [-0.2, 0) is 0 Å². The molecule has 0 aliphatic carbocycles. The van der Waals surface area contributed by atoms with Gasteiger partial charge in [0.2, 0.25) is 0 Å². The molecule has 2 aromatic rings. The number of benzene rings is 2. The molecule has 0 fully saturated rings. The first-order chi connectivity index (χ1) is 11.7. The Morgan fingerprint density at radius 2 is 1.46 bits per heavy atom. The Bertz CT molecular complexity index is 610. The number of hydrogen-bond donors (Lipinski definition) is 0. The van der Waals surface area contributed by atoms with E-state index in [0.717, 1.165) is 29.4 Å². The first-order valence-electron chi connectivity index (χ1n) is 8.43. The minimum absolute atomic E-state index is 0.121. The molecule has 0 spiro atoms. The van der Waals surface area contributed by atoms with Gasteiger partial charge in [0.05, 0.1) is 25.9 Å². The second-order valence-corrected chi connectivity index (χ2v) is 5.57. The Balaban J connectivity index is 1.74. The molecular weight excluding hydrogens is 304 g/mol. The van der Waals surface area contributed by atoms with E-state index >= 15 is 0 Å². The standard InChI is InChI=1S/C20H26O4/c1-4-21-17-9-7-10-18(15-17)22-13-8-14-23-19-11-5-6-12-20(19)24-16(2)3/h5-7,9-12,15-16H,4,8,13-14H2,1-3H3. The fourth-order valence-corrected chi connectivity index (χ4v) is 2.17. The van der Waals surface area contributed by atoms with E-state index in [2.05, 4.69) is 0 Å². The maximum absolute atomic E-state index is 5.81. The number of rotatable bonds is 10. The average Bonchev–Trinajstić information content (AvgIpc) is 2.56. The van der Waals surface area contributed by atoms with E-state index in [-0.39, 0.29) is 6.10 Å². The lowest BCUT2D eigenvalue weighted by Crippen LogP contribution is -2.09. The summed E-state index contributed by atoms with van der Waals surface area (Å²) in [5.74, 6) is 3.18. The fraction of sp³-hybridized carbons (Fsp3) is 0.400. The van der Waals surface area contributed by atoms with E-state index in [4.69, 9.17) is 18.9 Å². The van der Waals surface area contributed by atoms with Gasteiger partial charge in [-0.05, 0) is 45.0 Å². The van der Waals surface area contributed by atoms with Crippen LogP contribution in [0.15, 0.2) is 48.5 Å². The Labute approximate surface area is 144 Å². The zero-order valence-electron chi connectivity index (χ0n) is 14.7. The number of hydrogen-bond acceptors (Lipinski definition) is 4. The summed E-state index contributed by atoms with van der Waals surface area (Å²) in [7, 11) is 0. The molecule has 0 saturated heterocycles. The first-order valence-corrected chi connectivity index (χ1v) is 8.43. The van der Waals surface area contributed by atoms with Crippen molar-refractivity contribution in [3.8, 4) is 23.0 Å². The van der Waals surface area contributed by atoms with Gasteiger partial charge < -0.3 is 18.9 Å². The van der Waals surface area contributed by atoms with Crippen molar-refractivity contribution in [2.75, 3.05) is 19.8 Å². The van der Waals surface area contributed by atoms with Gasteiger partial charge in [0.15, 0.2) is 11.5 Å². The molecule has 0 saturated carbocycles. The highest BCUT2D eigenvalue weighted by atomic mass is 16.5. The SMILES string of the molecule is CCOc1cccc(OCCCOc2ccccc2OC(C)C)c1. The molecule has 0 heterocycles. The van der Waals surface area contributed by atoms with Gasteiger partial charge >= 0.3 is 0 Å². The van der Waals surface area contributed by atoms with Gasteiger partial charge in [0, 0.05) is 12.5 Å². The molecule has 0 N–H and O–H groups in total. The molecule has 0 radical (unpaired) electrons. The second kappa shape index (κ2) is 9.71. The first kappa shape index (κ1) is 18.0. The van der Waals surface area contributed by atoms with Gasteiger partial charge in [0.1, 0.15) is 11.5 Å². The summed E-state index contributed by atoms with van der Waals surface area (Å²) < 4.78 is 22.7. The average molecular weight is 330 g/mol. The zero-order valence-corrected chi connectivity index (χ0v) is 14.7. The van der Waals surface area contributed by atoms with Crippen LogP contribution in [0.3, 0.4) is 0 Å². The van der Waals surface area contributed by atoms with Gasteiger partial charge in [-0.1, -0.05) is 18.2 Å². The van der Waals surface area contributed by atoms with Crippen LogP contribution in [0.5, 0.6) is 23.0 Å². The van der Waals surface area contributed by atoms with E-state index < -0.39 is 0 Å². The minimum atomic E-state index is 0.121. The van der Waals surface area contributed by atoms with Crippen molar-refractivity contribution in [1.82, 2.24) is 0 Å². The summed E-state index contributed by atoms with van der Waals surface area (Å²) in [5, 5.41) is 0. The van der Waals surface area contributed by atoms with Crippen LogP contribution in [0, 0.1) is 0 Å². The third-order valence-corrected chi connectivity index (χ3v) is 3.14. The highest BCUT2D eigenvalue weighted by molar-refractivity contribution is 5.39. The Morgan fingerprint density at radius 3 is 2.17 bits per heavy atom. The van der Waals surface area contributed by atoms with Crippen LogP contribution in [0.2, 0.25) is 0 Å². The maximum Gasteiger partial charge on any atom is 0.161 e. The minimum Gasteiger partial charge on any atom is -0.494 e. The fourth-order valence-electron chi connectivity index (χ4n) is 2.17. The topological polar surface area (TPSA) is 36.9 Å². The molecular formula is C20H26O4. The molecule has 24 heavy (non-hydrogen) atoms. The third-order valence-electron chi connectivity index (χ3n) is 3.14. The van der Waals surface area contributed by atoms with E-state index in [1.165, 1.54) is 0 Å². The summed E-state index contributed by atoms with van der Waals surface area (Å²) in [5.41, 5.74) is 0. The summed E-state index contributed by atoms with van der Waals surface area (Å²) in [4.78, 5) is 0. The van der Waals surface area contributed by atoms with Crippen LogP contribution in [0.25, 0.3) is 0 Å². The third kappa shape index (κ3) is 6.03. The van der Waals surface area contributed by atoms with Crippen LogP contribution >= 0.6 is 0 Å². The molecule has 2 aromatic carbocycles. The van der Waals surface area contributed by atoms with Crippen LogP contribution in [0.4, 0.5) is 0 Å². The van der Waals surface area contributed by atoms with E-state index in [9.17, 15) is 0 Å². The van der Waals surface area contributed by atoms with Gasteiger partial charge in [-0.25, -0.2) is 0 Å². The second-order valence-electron chi connectivity index (χ2n) is 5.57. The quantitative estimate of drug-likeness (QED) is 0.591. The Morgan fingerprint density at radius 1 is 0.792 bits per heavy atom. The highest BCUT2D eigenvalue weighted by Gasteiger charge is 2.06. The molecule has 0 aromatic heterocycles. The van der Waals surface area contributed by atoms with Crippen molar-refractivity contribution < 1.29 is 18.9 Å². The van der Waals surface area contributed by atoms with Crippen molar-refractivity contribution in [1.29, 1.82) is 0 Å². The molecule has 4 nitrogen and oxygen atoms in total. The molecule has 130 valence electrons. The summed E-state index contributed by atoms with van der Waals surface area (Å²) in [6.07, 6.45) is 0.908. The van der Waals surface area contributed by atoms with Gasteiger partial charge in [0.25, 0.3) is 0 Å². The van der Waals surface area contributed by atoms with Crippen molar-refractivity contribution in [3.05, 3.63) is 48.5 Å². The monoisotopic (exact) mass is 330 g/mol. The molecule has 0 amide bonds. The normalized spacial score (nSPS) is 10.5. The van der Waals surface area contributed by atoms with Crippen molar-refractivity contribution in [2.24, 2.45) is 0 Å². The predicted octanol–water partition coefficient (Wildman–Crippen LogP) is 4.72. The van der Waals surface area contributed by atoms with Crippen molar-refractivity contribution >= 4 is 0 Å². The molecule has 0 aliphatic rings. The zero-order chi connectivity index (χ0) is 17.2. The van der Waals surface area contributed by atoms with Crippen molar-refractivity contribution in [2.45, 2.75) is 33.3 Å². The summed E-state index contributed by atoms with van der Waals surface area (Å²) in [6.45, 7) is 7.77. The molecule has 0 unspecified atom stereocenters. The largest absolute Gasteiger partial charge is 0.494 e. The lowest BCUT2D eigenvalue weighted by Gasteiger charge is -2.15. The molecule has 2 rings (SSSR count). The smallest absolute Gasteiger partial charge is 0.161 e. The number of para-hydroxylation sites is 2. The van der Waals surface area contributed by atoms with Gasteiger partial charge in [-0.15, -0.1) is 0 Å². The molecule has 0 bridgehead atoms. The van der Waals surface area contributed by atoms with Crippen LogP contribution in [-0.4, -0.2) is 25.9 Å². The lowest BCUT2D eigenvalue weighted by atomic mass is 10.3. The molecule has 4 heteroatoms. The van der Waals surface area contributed by atoms with Gasteiger partial charge in [-0.2, -0.15) is 0 Å². The van der Waals surface area contributed by atoms with E-state index in [0.29, 0.717) is 19.8 Å². The van der Waals surface area contributed by atoms with Crippen LogP contribution in [0.1, 0.15) is 27.2 Å².